The number of carbonyl (C=O) groups excluding carboxylic acids is 1. The van der Waals surface area contributed by atoms with Gasteiger partial charge in [0.05, 0.1) is 12.7 Å². The van der Waals surface area contributed by atoms with Crippen LogP contribution in [0.4, 0.5) is 0 Å². The molecule has 0 N–H and O–H groups in total. The average molecular weight is 183 g/mol. The highest BCUT2D eigenvalue weighted by atomic mass is 16.5. The number of nitrogens with zero attached hydrogens (tertiary/aromatic N) is 1. The van der Waals surface area contributed by atoms with E-state index in [4.69, 9.17) is 10.00 Å². The van der Waals surface area contributed by atoms with Crippen LogP contribution in [-0.4, -0.2) is 19.5 Å². The van der Waals surface area contributed by atoms with Crippen molar-refractivity contribution < 1.29 is 9.53 Å². The third-order valence-electron chi connectivity index (χ3n) is 1.80. The third-order valence-corrected chi connectivity index (χ3v) is 1.80. The molecule has 0 fully saturated rings. The maximum absolute atomic E-state index is 11.4. The van der Waals surface area contributed by atoms with E-state index in [9.17, 15) is 4.79 Å². The summed E-state index contributed by atoms with van der Waals surface area (Å²) in [6.45, 7) is 4.43. The number of carbonyl (C=O) groups is 1. The summed E-state index contributed by atoms with van der Waals surface area (Å²) in [6, 6.07) is 2.04. The molecule has 0 aliphatic carbocycles. The van der Waals surface area contributed by atoms with Crippen molar-refractivity contribution in [1.29, 1.82) is 5.26 Å². The van der Waals surface area contributed by atoms with Crippen LogP contribution < -0.4 is 0 Å². The molecular formula is C10H17NO2. The largest absolute Gasteiger partial charge is 0.384 e. The molecule has 0 aromatic carbocycles. The van der Waals surface area contributed by atoms with Crippen LogP contribution in [0.5, 0.6) is 0 Å². The predicted molar refractivity (Wildman–Crippen MR) is 50.1 cm³/mol. The first-order chi connectivity index (χ1) is 6.11. The van der Waals surface area contributed by atoms with E-state index in [0.717, 1.165) is 0 Å². The Morgan fingerprint density at radius 2 is 2.15 bits per heavy atom. The van der Waals surface area contributed by atoms with Gasteiger partial charge < -0.3 is 4.74 Å². The molecule has 0 aromatic rings. The highest BCUT2D eigenvalue weighted by molar-refractivity contribution is 5.83. The van der Waals surface area contributed by atoms with E-state index in [0.29, 0.717) is 25.4 Å². The Kier molecular flexibility index (Phi) is 6.17. The van der Waals surface area contributed by atoms with E-state index >= 15 is 0 Å². The van der Waals surface area contributed by atoms with Gasteiger partial charge in [0, 0.05) is 13.5 Å². The van der Waals surface area contributed by atoms with E-state index in [-0.39, 0.29) is 5.78 Å². The Morgan fingerprint density at radius 3 is 2.54 bits per heavy atom. The standard InChI is InChI=1S/C10H17NO2/c1-8(2)6-9(7-11)10(12)4-5-13-3/h8-9H,4-6H2,1-3H3. The molecule has 0 spiro atoms. The molecule has 3 heteroatoms. The summed E-state index contributed by atoms with van der Waals surface area (Å²) in [6.07, 6.45) is 1.00. The Hall–Kier alpha value is -0.880. The number of rotatable bonds is 6. The second kappa shape index (κ2) is 6.62. The minimum Gasteiger partial charge on any atom is -0.384 e. The van der Waals surface area contributed by atoms with Gasteiger partial charge in [-0.2, -0.15) is 5.26 Å². The van der Waals surface area contributed by atoms with Crippen molar-refractivity contribution in [2.45, 2.75) is 26.7 Å². The molecule has 0 bridgehead atoms. The zero-order valence-corrected chi connectivity index (χ0v) is 8.54. The van der Waals surface area contributed by atoms with Gasteiger partial charge in [0.1, 0.15) is 5.92 Å². The first-order valence-corrected chi connectivity index (χ1v) is 4.53. The van der Waals surface area contributed by atoms with Crippen LogP contribution in [0.25, 0.3) is 0 Å². The lowest BCUT2D eigenvalue weighted by Gasteiger charge is -2.09. The normalized spacial score (nSPS) is 12.5. The molecule has 1 unspecified atom stereocenters. The number of ether oxygens (including phenoxy) is 1. The van der Waals surface area contributed by atoms with E-state index in [1.54, 1.807) is 7.11 Å². The highest BCUT2D eigenvalue weighted by Crippen LogP contribution is 2.13. The zero-order chi connectivity index (χ0) is 10.3. The van der Waals surface area contributed by atoms with Gasteiger partial charge in [0.15, 0.2) is 5.78 Å². The Bertz CT molecular complexity index is 194. The summed E-state index contributed by atoms with van der Waals surface area (Å²) in [5.41, 5.74) is 0. The van der Waals surface area contributed by atoms with Gasteiger partial charge >= 0.3 is 0 Å². The molecule has 3 nitrogen and oxygen atoms in total. The zero-order valence-electron chi connectivity index (χ0n) is 8.54. The fourth-order valence-corrected chi connectivity index (χ4v) is 1.10. The molecule has 0 rings (SSSR count). The van der Waals surface area contributed by atoms with E-state index < -0.39 is 5.92 Å². The number of nitriles is 1. The fraction of sp³-hybridized carbons (Fsp3) is 0.800. The van der Waals surface area contributed by atoms with Gasteiger partial charge in [-0.1, -0.05) is 13.8 Å². The Balaban J connectivity index is 3.94. The van der Waals surface area contributed by atoms with Crippen LogP contribution in [-0.2, 0) is 9.53 Å². The molecule has 0 saturated heterocycles. The van der Waals surface area contributed by atoms with Gasteiger partial charge in [0.25, 0.3) is 0 Å². The van der Waals surface area contributed by atoms with Gasteiger partial charge in [-0.3, -0.25) is 4.79 Å². The molecule has 13 heavy (non-hydrogen) atoms. The van der Waals surface area contributed by atoms with Crippen LogP contribution >= 0.6 is 0 Å². The van der Waals surface area contributed by atoms with Crippen molar-refractivity contribution in [3.8, 4) is 6.07 Å². The lowest BCUT2D eigenvalue weighted by molar-refractivity contribution is -0.122. The summed E-state index contributed by atoms with van der Waals surface area (Å²) in [7, 11) is 1.55. The van der Waals surface area contributed by atoms with Crippen molar-refractivity contribution in [3.05, 3.63) is 0 Å². The molecule has 0 heterocycles. The fourth-order valence-electron chi connectivity index (χ4n) is 1.10. The van der Waals surface area contributed by atoms with Gasteiger partial charge in [-0.05, 0) is 12.3 Å². The maximum Gasteiger partial charge on any atom is 0.152 e. The second-order valence-electron chi connectivity index (χ2n) is 3.52. The minimum absolute atomic E-state index is 0.00181. The summed E-state index contributed by atoms with van der Waals surface area (Å²) in [5, 5.41) is 8.73. The van der Waals surface area contributed by atoms with Crippen molar-refractivity contribution in [2.24, 2.45) is 11.8 Å². The van der Waals surface area contributed by atoms with Crippen LogP contribution in [0.15, 0.2) is 0 Å². The first kappa shape index (κ1) is 12.1. The Morgan fingerprint density at radius 1 is 1.54 bits per heavy atom. The molecular weight excluding hydrogens is 166 g/mol. The Labute approximate surface area is 79.7 Å². The van der Waals surface area contributed by atoms with Crippen LogP contribution in [0.1, 0.15) is 26.7 Å². The summed E-state index contributed by atoms with van der Waals surface area (Å²) in [5.74, 6) is -0.0654. The first-order valence-electron chi connectivity index (χ1n) is 4.53. The number of methoxy groups -OCH3 is 1. The lowest BCUT2D eigenvalue weighted by Crippen LogP contribution is -2.16. The van der Waals surface area contributed by atoms with Crippen molar-refractivity contribution in [3.63, 3.8) is 0 Å². The molecule has 0 aromatic heterocycles. The molecule has 0 radical (unpaired) electrons. The van der Waals surface area contributed by atoms with E-state index in [1.165, 1.54) is 0 Å². The van der Waals surface area contributed by atoms with Crippen molar-refractivity contribution in [1.82, 2.24) is 0 Å². The second-order valence-corrected chi connectivity index (χ2v) is 3.52. The molecule has 0 aliphatic heterocycles. The van der Waals surface area contributed by atoms with Crippen molar-refractivity contribution in [2.75, 3.05) is 13.7 Å². The van der Waals surface area contributed by atoms with Gasteiger partial charge in [0.2, 0.25) is 0 Å². The lowest BCUT2D eigenvalue weighted by atomic mass is 9.93. The third kappa shape index (κ3) is 5.37. The van der Waals surface area contributed by atoms with E-state index in [1.807, 2.05) is 19.9 Å². The van der Waals surface area contributed by atoms with Crippen molar-refractivity contribution >= 4 is 5.78 Å². The molecule has 0 amide bonds. The minimum atomic E-state index is -0.449. The van der Waals surface area contributed by atoms with Crippen LogP contribution in [0, 0.1) is 23.2 Å². The number of hydrogen-bond acceptors (Lipinski definition) is 3. The molecule has 0 saturated carbocycles. The summed E-state index contributed by atoms with van der Waals surface area (Å²) in [4.78, 5) is 11.4. The maximum atomic E-state index is 11.4. The van der Waals surface area contributed by atoms with E-state index in [2.05, 4.69) is 0 Å². The smallest absolute Gasteiger partial charge is 0.152 e. The molecule has 74 valence electrons. The number of Topliss-reactive ketones (excluding diaryl/α,β-unsaturated/α-hetero) is 1. The summed E-state index contributed by atoms with van der Waals surface area (Å²) >= 11 is 0. The highest BCUT2D eigenvalue weighted by Gasteiger charge is 2.18. The monoisotopic (exact) mass is 183 g/mol. The molecule has 0 aliphatic rings. The number of hydrogen-bond donors (Lipinski definition) is 0. The predicted octanol–water partition coefficient (Wildman–Crippen LogP) is 1.78. The van der Waals surface area contributed by atoms with Crippen LogP contribution in [0.3, 0.4) is 0 Å². The SMILES string of the molecule is COCCC(=O)C(C#N)CC(C)C. The summed E-state index contributed by atoms with van der Waals surface area (Å²) < 4.78 is 4.78. The number of ketones is 1. The van der Waals surface area contributed by atoms with Gasteiger partial charge in [-0.15, -0.1) is 0 Å². The average Bonchev–Trinajstić information content (AvgIpc) is 2.09. The molecule has 1 atom stereocenters. The van der Waals surface area contributed by atoms with Crippen LogP contribution in [0.2, 0.25) is 0 Å². The topological polar surface area (TPSA) is 50.1 Å². The van der Waals surface area contributed by atoms with Gasteiger partial charge in [-0.25, -0.2) is 0 Å². The quantitative estimate of drug-likeness (QED) is 0.630.